The van der Waals surface area contributed by atoms with Crippen LogP contribution in [0.5, 0.6) is 0 Å². The first-order chi connectivity index (χ1) is 8.22. The Bertz CT molecular complexity index is 182. The van der Waals surface area contributed by atoms with Crippen LogP contribution in [0, 0.1) is 11.8 Å². The lowest BCUT2D eigenvalue weighted by molar-refractivity contribution is 0.0618. The van der Waals surface area contributed by atoms with Crippen LogP contribution in [-0.2, 0) is 4.74 Å². The first-order valence-electron chi connectivity index (χ1n) is 6.86. The van der Waals surface area contributed by atoms with Crippen LogP contribution in [-0.4, -0.2) is 44.3 Å². The first-order valence-corrected chi connectivity index (χ1v) is 6.86. The molecule has 102 valence electrons. The maximum Gasteiger partial charge on any atom is 0.0495 e. The molecule has 0 amide bonds. The summed E-state index contributed by atoms with van der Waals surface area (Å²) in [6, 6.07) is 0. The zero-order valence-electron chi connectivity index (χ0n) is 11.3. The summed E-state index contributed by atoms with van der Waals surface area (Å²) in [5, 5.41) is 0. The molecule has 0 bridgehead atoms. The summed E-state index contributed by atoms with van der Waals surface area (Å²) in [5.41, 5.74) is 1.64. The minimum atomic E-state index is 0.396. The highest BCUT2D eigenvalue weighted by Crippen LogP contribution is 2.18. The van der Waals surface area contributed by atoms with Crippen molar-refractivity contribution in [2.24, 2.45) is 11.8 Å². The van der Waals surface area contributed by atoms with E-state index in [2.05, 4.69) is 18.7 Å². The zero-order chi connectivity index (χ0) is 12.5. The van der Waals surface area contributed by atoms with E-state index in [1.165, 1.54) is 32.5 Å². The fourth-order valence-corrected chi connectivity index (χ4v) is 2.34. The zero-order valence-corrected chi connectivity index (χ0v) is 11.3. The van der Waals surface area contributed by atoms with Crippen molar-refractivity contribution in [1.82, 2.24) is 10.4 Å². The number of nitrogens with zero attached hydrogens (tertiary/aromatic N) is 1. The molecule has 0 saturated carbocycles. The van der Waals surface area contributed by atoms with Crippen molar-refractivity contribution in [2.45, 2.75) is 33.1 Å². The third-order valence-electron chi connectivity index (χ3n) is 3.24. The van der Waals surface area contributed by atoms with Gasteiger partial charge in [-0.15, -0.1) is 4.48 Å². The molecule has 1 aliphatic rings. The van der Waals surface area contributed by atoms with Gasteiger partial charge in [0.05, 0.1) is 0 Å². The predicted octanol–water partition coefficient (Wildman–Crippen LogP) is 2.24. The van der Waals surface area contributed by atoms with Gasteiger partial charge in [0.1, 0.15) is 0 Å². The number of hydrogen-bond donors (Lipinski definition) is 1. The molecule has 4 heteroatoms. The van der Waals surface area contributed by atoms with Gasteiger partial charge >= 0.3 is 0 Å². The topological polar surface area (TPSA) is 24.5 Å². The highest BCUT2D eigenvalue weighted by molar-refractivity contribution is 4.72. The number of likely N-dealkylation sites (tertiary alicyclic amines) is 1. The molecule has 0 aromatic rings. The van der Waals surface area contributed by atoms with Gasteiger partial charge in [-0.3, -0.25) is 0 Å². The van der Waals surface area contributed by atoms with Gasteiger partial charge in [0.2, 0.25) is 0 Å². The first kappa shape index (κ1) is 14.9. The second kappa shape index (κ2) is 8.84. The Morgan fingerprint density at radius 1 is 1.35 bits per heavy atom. The van der Waals surface area contributed by atoms with Gasteiger partial charge < -0.3 is 9.64 Å². The maximum absolute atomic E-state index is 11.6. The fourth-order valence-electron chi connectivity index (χ4n) is 2.34. The summed E-state index contributed by atoms with van der Waals surface area (Å²) in [5.74, 6) is 1.47. The minimum Gasteiger partial charge on any atom is -0.381 e. The molecular formula is C13H27FN2O. The standard InChI is InChI=1S/C13H27FN2O/c1-12(2)10-16-7-4-13(5-8-16)11-17-9-3-6-15-14/h12-13,15H,3-11H2,1-2H3. The quantitative estimate of drug-likeness (QED) is 0.525. The Balaban J connectivity index is 1.99. The minimum absolute atomic E-state index is 0.396. The van der Waals surface area contributed by atoms with E-state index in [1.54, 1.807) is 5.54 Å². The van der Waals surface area contributed by atoms with Gasteiger partial charge in [0.25, 0.3) is 0 Å². The van der Waals surface area contributed by atoms with E-state index in [0.29, 0.717) is 19.1 Å². The number of ether oxygens (including phenoxy) is 1. The van der Waals surface area contributed by atoms with Crippen molar-refractivity contribution in [3.8, 4) is 0 Å². The molecule has 1 saturated heterocycles. The second-order valence-corrected chi connectivity index (χ2v) is 5.45. The van der Waals surface area contributed by atoms with Gasteiger partial charge in [-0.1, -0.05) is 13.8 Å². The third-order valence-corrected chi connectivity index (χ3v) is 3.24. The van der Waals surface area contributed by atoms with Crippen LogP contribution in [0.3, 0.4) is 0 Å². The molecule has 1 N–H and O–H groups in total. The third kappa shape index (κ3) is 6.96. The van der Waals surface area contributed by atoms with E-state index in [0.717, 1.165) is 18.9 Å². The summed E-state index contributed by atoms with van der Waals surface area (Å²) in [6.07, 6.45) is 3.24. The van der Waals surface area contributed by atoms with Gasteiger partial charge in [0.15, 0.2) is 0 Å². The molecule has 1 fully saturated rings. The molecule has 0 aromatic carbocycles. The summed E-state index contributed by atoms with van der Waals surface area (Å²) >= 11 is 0. The molecule has 1 rings (SSSR count). The van der Waals surface area contributed by atoms with Crippen LogP contribution in [0.2, 0.25) is 0 Å². The molecule has 0 unspecified atom stereocenters. The molecule has 0 aromatic heterocycles. The Labute approximate surface area is 105 Å². The molecule has 0 radical (unpaired) electrons. The smallest absolute Gasteiger partial charge is 0.0495 e. The predicted molar refractivity (Wildman–Crippen MR) is 68.5 cm³/mol. The Morgan fingerprint density at radius 2 is 2.06 bits per heavy atom. The fraction of sp³-hybridized carbons (Fsp3) is 1.00. The lowest BCUT2D eigenvalue weighted by Crippen LogP contribution is -2.37. The van der Waals surface area contributed by atoms with Crippen molar-refractivity contribution in [3.63, 3.8) is 0 Å². The van der Waals surface area contributed by atoms with E-state index < -0.39 is 0 Å². The molecule has 0 atom stereocenters. The Kier molecular flexibility index (Phi) is 7.73. The van der Waals surface area contributed by atoms with Gasteiger partial charge in [-0.25, -0.2) is 0 Å². The number of halogens is 1. The normalized spacial score (nSPS) is 19.1. The van der Waals surface area contributed by atoms with E-state index in [4.69, 9.17) is 4.74 Å². The monoisotopic (exact) mass is 246 g/mol. The van der Waals surface area contributed by atoms with Crippen molar-refractivity contribution in [3.05, 3.63) is 0 Å². The summed E-state index contributed by atoms with van der Waals surface area (Å²) in [4.78, 5) is 2.55. The summed E-state index contributed by atoms with van der Waals surface area (Å²) in [6.45, 7) is 10.1. The van der Waals surface area contributed by atoms with Crippen molar-refractivity contribution in [2.75, 3.05) is 39.4 Å². The number of rotatable bonds is 8. The SMILES string of the molecule is CC(C)CN1CCC(COCCCNF)CC1. The van der Waals surface area contributed by atoms with Crippen molar-refractivity contribution < 1.29 is 9.22 Å². The summed E-state index contributed by atoms with van der Waals surface area (Å²) in [7, 11) is 0. The van der Waals surface area contributed by atoms with Crippen LogP contribution in [0.15, 0.2) is 0 Å². The molecule has 1 heterocycles. The Morgan fingerprint density at radius 3 is 2.65 bits per heavy atom. The van der Waals surface area contributed by atoms with E-state index in [9.17, 15) is 4.48 Å². The van der Waals surface area contributed by atoms with Crippen molar-refractivity contribution >= 4 is 0 Å². The van der Waals surface area contributed by atoms with E-state index in [1.807, 2.05) is 0 Å². The van der Waals surface area contributed by atoms with Crippen LogP contribution >= 0.6 is 0 Å². The van der Waals surface area contributed by atoms with Gasteiger partial charge in [0, 0.05) is 26.3 Å². The van der Waals surface area contributed by atoms with Crippen LogP contribution in [0.25, 0.3) is 0 Å². The average Bonchev–Trinajstić information content (AvgIpc) is 2.30. The number of hydrogen-bond acceptors (Lipinski definition) is 3. The van der Waals surface area contributed by atoms with Crippen LogP contribution in [0.4, 0.5) is 4.48 Å². The molecule has 3 nitrogen and oxygen atoms in total. The van der Waals surface area contributed by atoms with Gasteiger partial charge in [-0.05, 0) is 44.2 Å². The lowest BCUT2D eigenvalue weighted by atomic mass is 9.97. The average molecular weight is 246 g/mol. The Hall–Kier alpha value is -0.190. The molecule has 1 aliphatic heterocycles. The molecule has 17 heavy (non-hydrogen) atoms. The second-order valence-electron chi connectivity index (χ2n) is 5.45. The highest BCUT2D eigenvalue weighted by atomic mass is 19.2. The van der Waals surface area contributed by atoms with Crippen LogP contribution < -0.4 is 5.54 Å². The highest BCUT2D eigenvalue weighted by Gasteiger charge is 2.19. The maximum atomic E-state index is 11.6. The molecule has 0 spiro atoms. The number of nitrogens with one attached hydrogen (secondary N) is 1. The summed E-state index contributed by atoms with van der Waals surface area (Å²) < 4.78 is 17.2. The van der Waals surface area contributed by atoms with Gasteiger partial charge in [-0.2, -0.15) is 5.54 Å². The number of piperidine rings is 1. The van der Waals surface area contributed by atoms with E-state index in [-0.39, 0.29) is 0 Å². The molecule has 0 aliphatic carbocycles. The van der Waals surface area contributed by atoms with Crippen LogP contribution in [0.1, 0.15) is 33.1 Å². The van der Waals surface area contributed by atoms with Crippen molar-refractivity contribution in [1.29, 1.82) is 0 Å². The van der Waals surface area contributed by atoms with E-state index >= 15 is 0 Å². The molecular weight excluding hydrogens is 219 g/mol. The lowest BCUT2D eigenvalue weighted by Gasteiger charge is -2.32. The largest absolute Gasteiger partial charge is 0.381 e.